The number of carbonyl (C=O) groups excluding carboxylic acids is 8. The molecule has 41 heteroatoms. The minimum Gasteiger partial charge on any atom is -0.394 e. The van der Waals surface area contributed by atoms with Crippen LogP contribution >= 0.6 is 203 Å². The van der Waals surface area contributed by atoms with Gasteiger partial charge in [-0.2, -0.15) is 0 Å². The van der Waals surface area contributed by atoms with Gasteiger partial charge in [-0.15, -0.1) is 0 Å². The number of aliphatic hydroxyl groups is 15. The maximum Gasteiger partial charge on any atom is 0.256 e. The van der Waals surface area contributed by atoms with Crippen molar-refractivity contribution in [2.45, 2.75) is 54.9 Å². The lowest BCUT2D eigenvalue weighted by Gasteiger charge is -2.32. The molecule has 0 aliphatic carbocycles. The van der Waals surface area contributed by atoms with Crippen LogP contribution in [0.3, 0.4) is 0 Å². The van der Waals surface area contributed by atoms with Crippen molar-refractivity contribution < 1.29 is 115 Å². The highest BCUT2D eigenvalue weighted by atomic mass is 127. The van der Waals surface area contributed by atoms with Crippen molar-refractivity contribution in [3.05, 3.63) is 59.9 Å². The van der Waals surface area contributed by atoms with Gasteiger partial charge in [0.25, 0.3) is 47.3 Å². The highest BCUT2D eigenvalue weighted by Gasteiger charge is 2.38. The van der Waals surface area contributed by atoms with Gasteiger partial charge in [-0.1, -0.05) is 0 Å². The van der Waals surface area contributed by atoms with Crippen molar-refractivity contribution in [2.75, 3.05) is 142 Å². The molecule has 8 amide bonds. The van der Waals surface area contributed by atoms with Crippen molar-refractivity contribution >= 4 is 273 Å². The van der Waals surface area contributed by atoms with E-state index in [4.69, 9.17) is 0 Å². The number of halogens is 9. The Balaban J connectivity index is 2.46. The van der Waals surface area contributed by atoms with E-state index in [1.165, 1.54) is 45.0 Å². The third-order valence-corrected chi connectivity index (χ3v) is 23.4. The van der Waals surface area contributed by atoms with Crippen LogP contribution in [-0.2, 0) is 14.4 Å². The van der Waals surface area contributed by atoms with Gasteiger partial charge in [0, 0.05) is 88.2 Å². The molecule has 0 saturated heterocycles. The average Bonchev–Trinajstić information content (AvgIpc) is 0.776. The van der Waals surface area contributed by atoms with Gasteiger partial charge in [0.2, 0.25) is 0 Å². The van der Waals surface area contributed by atoms with Crippen LogP contribution < -0.4 is 20.9 Å². The summed E-state index contributed by atoms with van der Waals surface area (Å²) < 4.78 is 0.406. The first-order valence-electron chi connectivity index (χ1n) is 27.1. The van der Waals surface area contributed by atoms with Crippen molar-refractivity contribution in [3.63, 3.8) is 0 Å². The predicted octanol–water partition coefficient (Wildman–Crippen LogP) is -2.29. The minimum atomic E-state index is -2.21. The molecule has 0 bridgehead atoms. The Morgan fingerprint density at radius 2 is 0.585 bits per heavy atom. The molecule has 32 nitrogen and oxygen atoms in total. The van der Waals surface area contributed by atoms with Crippen LogP contribution in [-0.4, -0.2) is 324 Å². The third-order valence-electron chi connectivity index (χ3n) is 13.8. The molecule has 0 saturated carbocycles. The molecule has 0 aliphatic heterocycles. The van der Waals surface area contributed by atoms with E-state index in [1.807, 2.05) is 45.2 Å². The Hall–Kier alpha value is -0.810. The van der Waals surface area contributed by atoms with Crippen LogP contribution in [0.15, 0.2) is 0 Å². The van der Waals surface area contributed by atoms with E-state index in [2.05, 4.69) is 16.0 Å². The summed E-state index contributed by atoms with van der Waals surface area (Å²) in [6.07, 6.45) is -16.7. The first kappa shape index (κ1) is 87.4. The summed E-state index contributed by atoms with van der Waals surface area (Å²) in [4.78, 5) is 122. The van der Waals surface area contributed by atoms with Gasteiger partial charge in [-0.25, -0.2) is 0 Å². The zero-order valence-electron chi connectivity index (χ0n) is 49.9. The van der Waals surface area contributed by atoms with E-state index in [9.17, 15) is 101 Å². The lowest BCUT2D eigenvalue weighted by Crippen LogP contribution is -2.45. The molecule has 94 heavy (non-hydrogen) atoms. The number of nitrogens with one attached hydrogen (secondary N) is 3. The molecule has 9 unspecified atom stereocenters. The molecule has 0 radical (unpaired) electrons. The van der Waals surface area contributed by atoms with Crippen LogP contribution in [0, 0.1) is 32.1 Å². The van der Waals surface area contributed by atoms with Gasteiger partial charge >= 0.3 is 0 Å². The lowest BCUT2D eigenvalue weighted by molar-refractivity contribution is -0.131. The fourth-order valence-corrected chi connectivity index (χ4v) is 21.8. The number of nitrogens with zero attached hydrogens (tertiary/aromatic N) is 6. The Morgan fingerprint density at radius 3 is 0.862 bits per heavy atom. The largest absolute Gasteiger partial charge is 0.394 e. The molecule has 9 atom stereocenters. The Kier molecular flexibility index (Phi) is 37.3. The number of amides is 8. The lowest BCUT2D eigenvalue weighted by atomic mass is 10.1. The van der Waals surface area contributed by atoms with Crippen LogP contribution in [0.4, 0.5) is 22.7 Å². The standard InChI is InChI=1S/C53H68I9N9O23/c1-66(49(90)25-30(54)27(51(92)69(4)11-20(79)14-73)34(58)39(32(25)56)63-46(87)43(84)22(81)16-75)6-8-71(53(94)29-36(60)41(65-48(89)45(86)24(83)18-77)38(62)42(37(29)61)68(3)10-19(78)13-72)9-7-67(2)50(91)26-31(55)28(52(93)70(5)12-21(80)15-74)35(59)40(33(26)57)64-47(88)44(85)23(82)17-76/h19-24,43-45,72-86H,6-18H2,1-5H3,(H,63,87)(H,64,88)(H,65,89). The molecule has 0 fully saturated rings. The molecule has 3 aromatic carbocycles. The predicted molar refractivity (Wildman–Crippen MR) is 413 cm³/mol. The number of likely N-dealkylation sites (N-methyl/N-ethyl adjacent to an activating group) is 5. The van der Waals surface area contributed by atoms with Crippen LogP contribution in [0.2, 0.25) is 0 Å². The van der Waals surface area contributed by atoms with Crippen LogP contribution in [0.25, 0.3) is 0 Å². The number of rotatable bonds is 33. The van der Waals surface area contributed by atoms with Gasteiger partial charge in [0.15, 0.2) is 18.3 Å². The minimum absolute atomic E-state index is 0.00136. The second kappa shape index (κ2) is 40.1. The van der Waals surface area contributed by atoms with Crippen molar-refractivity contribution in [3.8, 4) is 0 Å². The fraction of sp³-hybridized carbons (Fsp3) is 0.509. The molecule has 526 valence electrons. The van der Waals surface area contributed by atoms with Gasteiger partial charge in [0.1, 0.15) is 18.3 Å². The summed E-state index contributed by atoms with van der Waals surface area (Å²) in [6, 6.07) is 0. The van der Waals surface area contributed by atoms with Crippen molar-refractivity contribution in [1.29, 1.82) is 0 Å². The maximum absolute atomic E-state index is 15.8. The molecule has 3 aromatic rings. The molecule has 3 rings (SSSR count). The zero-order chi connectivity index (χ0) is 72.0. The van der Waals surface area contributed by atoms with E-state index >= 15 is 14.4 Å². The quantitative estimate of drug-likeness (QED) is 0.0286. The molecule has 0 heterocycles. The summed E-state index contributed by atoms with van der Waals surface area (Å²) in [6.45, 7) is -8.06. The normalized spacial score (nSPS) is 14.3. The summed E-state index contributed by atoms with van der Waals surface area (Å²) in [7, 11) is 6.70. The summed E-state index contributed by atoms with van der Waals surface area (Å²) in [5.74, 6) is -7.93. The van der Waals surface area contributed by atoms with Crippen molar-refractivity contribution in [1.82, 2.24) is 24.5 Å². The number of hydrogen-bond donors (Lipinski definition) is 18. The second-order valence-electron chi connectivity index (χ2n) is 20.7. The summed E-state index contributed by atoms with van der Waals surface area (Å²) >= 11 is 15.8. The number of carbonyl (C=O) groups is 8. The Labute approximate surface area is 660 Å². The summed E-state index contributed by atoms with van der Waals surface area (Å²) in [5, 5.41) is 159. The third kappa shape index (κ3) is 21.6. The Morgan fingerprint density at radius 1 is 0.330 bits per heavy atom. The first-order chi connectivity index (χ1) is 43.8. The van der Waals surface area contributed by atoms with Gasteiger partial charge in [-0.3, -0.25) is 38.4 Å². The van der Waals surface area contributed by atoms with Crippen LogP contribution in [0.1, 0.15) is 51.8 Å². The molecular weight excluding hydrogens is 2270 g/mol. The zero-order valence-corrected chi connectivity index (χ0v) is 69.4. The van der Waals surface area contributed by atoms with E-state index in [-0.39, 0.29) is 89.2 Å². The number of benzene rings is 3. The smallest absolute Gasteiger partial charge is 0.256 e. The highest BCUT2D eigenvalue weighted by Crippen LogP contribution is 2.43. The van der Waals surface area contributed by atoms with E-state index in [1.54, 1.807) is 158 Å². The Bertz CT molecular complexity index is 3150. The summed E-state index contributed by atoms with van der Waals surface area (Å²) in [5.41, 5.74) is -1.36. The maximum atomic E-state index is 15.8. The monoisotopic (exact) mass is 2340 g/mol. The first-order valence-corrected chi connectivity index (χ1v) is 36.8. The second-order valence-corrected chi connectivity index (χ2v) is 30.4. The van der Waals surface area contributed by atoms with E-state index in [0.717, 1.165) is 19.6 Å². The van der Waals surface area contributed by atoms with E-state index in [0.29, 0.717) is 0 Å². The topological polar surface area (TPSA) is 496 Å². The van der Waals surface area contributed by atoms with Crippen LogP contribution in [0.5, 0.6) is 0 Å². The highest BCUT2D eigenvalue weighted by molar-refractivity contribution is 14.1. The van der Waals surface area contributed by atoms with Gasteiger partial charge in [-0.05, 0) is 203 Å². The number of anilines is 4. The average molecular weight is 2340 g/mol. The molecule has 18 N–H and O–H groups in total. The molecule has 0 aliphatic rings. The molecular formula is C53H68I9N9O23. The van der Waals surface area contributed by atoms with Crippen molar-refractivity contribution in [2.24, 2.45) is 0 Å². The van der Waals surface area contributed by atoms with Gasteiger partial charge in [0.05, 0.1) is 134 Å². The van der Waals surface area contributed by atoms with E-state index < -0.39 is 181 Å². The molecule has 0 aromatic heterocycles. The number of hydrogen-bond acceptors (Lipinski definition) is 24. The fourth-order valence-electron chi connectivity index (χ4n) is 8.36. The number of aliphatic hydroxyl groups excluding tert-OH is 15. The molecule has 0 spiro atoms. The van der Waals surface area contributed by atoms with Gasteiger partial charge < -0.3 is 122 Å². The SMILES string of the molecule is CN(CCN(CCN(C)C(=O)c1c(I)c(NC(=O)C(O)C(O)CO)c(I)c(C(=O)N(C)CC(O)CO)c1I)C(=O)c1c(I)c(NC(=O)C(O)C(O)CO)c(I)c(N(C)CC(O)CO)c1I)C(=O)c1c(I)c(NC(=O)C(O)C(O)CO)c(I)c(C(=O)N(C)CC(O)CO)c1I.